The lowest BCUT2D eigenvalue weighted by molar-refractivity contribution is 0.0961. The van der Waals surface area contributed by atoms with Gasteiger partial charge in [0.2, 0.25) is 0 Å². The summed E-state index contributed by atoms with van der Waals surface area (Å²) in [6.07, 6.45) is 0. The molecule has 5 nitrogen and oxygen atoms in total. The Morgan fingerprint density at radius 1 is 1.19 bits per heavy atom. The molecule has 1 heterocycles. The third kappa shape index (κ3) is 3.87. The fraction of sp³-hybridized carbons (Fsp3) is 0.286. The van der Waals surface area contributed by atoms with Crippen molar-refractivity contribution in [3.8, 4) is 11.5 Å². The highest BCUT2D eigenvalue weighted by Gasteiger charge is 2.22. The van der Waals surface area contributed by atoms with Gasteiger partial charge in [-0.3, -0.25) is 9.36 Å². The van der Waals surface area contributed by atoms with E-state index in [2.05, 4.69) is 20.8 Å². The number of fused-ring (bicyclic) bond motifs is 1. The molecule has 27 heavy (non-hydrogen) atoms. The average molecular weight is 431 g/mol. The Hall–Kier alpha value is -2.31. The first-order chi connectivity index (χ1) is 12.9. The maximum absolute atomic E-state index is 13.3. The molecule has 0 atom stereocenters. The van der Waals surface area contributed by atoms with Crippen LogP contribution in [0.4, 0.5) is 0 Å². The monoisotopic (exact) mass is 430 g/mol. The van der Waals surface area contributed by atoms with E-state index in [1.165, 1.54) is 0 Å². The summed E-state index contributed by atoms with van der Waals surface area (Å²) in [5, 5.41) is 0.867. The lowest BCUT2D eigenvalue weighted by Crippen LogP contribution is -2.20. The molecule has 3 aromatic rings. The number of likely N-dealkylation sites (N-methyl/N-ethyl adjacent to an activating group) is 1. The summed E-state index contributed by atoms with van der Waals surface area (Å²) in [4.78, 5) is 15.3. The number of hydrogen-bond acceptors (Lipinski definition) is 4. The van der Waals surface area contributed by atoms with Gasteiger partial charge < -0.3 is 14.4 Å². The molecular formula is C21H23BrN2O3. The second kappa shape index (κ2) is 8.15. The third-order valence-corrected chi connectivity index (χ3v) is 5.14. The van der Waals surface area contributed by atoms with Crippen LogP contribution >= 0.6 is 15.9 Å². The average Bonchev–Trinajstić information content (AvgIpc) is 2.92. The molecular weight excluding hydrogens is 408 g/mol. The number of hydrogen-bond donors (Lipinski definition) is 0. The van der Waals surface area contributed by atoms with E-state index in [1.807, 2.05) is 63.5 Å². The van der Waals surface area contributed by atoms with Crippen molar-refractivity contribution in [1.82, 2.24) is 9.47 Å². The van der Waals surface area contributed by atoms with Crippen molar-refractivity contribution in [2.75, 3.05) is 34.4 Å². The van der Waals surface area contributed by atoms with Crippen molar-refractivity contribution < 1.29 is 14.3 Å². The van der Waals surface area contributed by atoms with Crippen LogP contribution in [-0.4, -0.2) is 49.7 Å². The zero-order valence-corrected chi connectivity index (χ0v) is 17.5. The van der Waals surface area contributed by atoms with Gasteiger partial charge in [-0.05, 0) is 67.3 Å². The molecule has 0 radical (unpaired) electrons. The molecule has 0 amide bonds. The molecule has 6 heteroatoms. The molecule has 0 spiro atoms. The van der Waals surface area contributed by atoms with E-state index in [0.717, 1.165) is 33.4 Å². The summed E-state index contributed by atoms with van der Waals surface area (Å²) in [6.45, 7) is 3.23. The quantitative estimate of drug-likeness (QED) is 0.582. The molecule has 3 rings (SSSR count). The van der Waals surface area contributed by atoms with E-state index >= 15 is 0 Å². The van der Waals surface area contributed by atoms with Crippen LogP contribution in [0.5, 0.6) is 11.5 Å². The van der Waals surface area contributed by atoms with Gasteiger partial charge in [-0.25, -0.2) is 0 Å². The van der Waals surface area contributed by atoms with E-state index in [-0.39, 0.29) is 5.91 Å². The van der Waals surface area contributed by atoms with Crippen molar-refractivity contribution in [2.24, 2.45) is 0 Å². The Morgan fingerprint density at radius 2 is 1.93 bits per heavy atom. The fourth-order valence-electron chi connectivity index (χ4n) is 3.03. The predicted octanol–water partition coefficient (Wildman–Crippen LogP) is 4.35. The molecule has 0 saturated heterocycles. The Bertz CT molecular complexity index is 979. The molecule has 0 N–H and O–H groups in total. The summed E-state index contributed by atoms with van der Waals surface area (Å²) in [7, 11) is 5.63. The van der Waals surface area contributed by atoms with Crippen LogP contribution in [0.25, 0.3) is 10.9 Å². The summed E-state index contributed by atoms with van der Waals surface area (Å²) in [5.74, 6) is 1.34. The Labute approximate surface area is 167 Å². The summed E-state index contributed by atoms with van der Waals surface area (Å²) >= 11 is 3.48. The van der Waals surface area contributed by atoms with Gasteiger partial charge in [-0.15, -0.1) is 0 Å². The van der Waals surface area contributed by atoms with Gasteiger partial charge in [0.1, 0.15) is 18.1 Å². The summed E-state index contributed by atoms with van der Waals surface area (Å²) in [5.41, 5.74) is 2.18. The third-order valence-electron chi connectivity index (χ3n) is 4.45. The van der Waals surface area contributed by atoms with E-state index in [1.54, 1.807) is 11.7 Å². The van der Waals surface area contributed by atoms with Gasteiger partial charge in [0.25, 0.3) is 5.91 Å². The Kier molecular flexibility index (Phi) is 5.87. The number of benzene rings is 2. The minimum atomic E-state index is -0.0994. The summed E-state index contributed by atoms with van der Waals surface area (Å²) in [6, 6.07) is 13.1. The van der Waals surface area contributed by atoms with Gasteiger partial charge in [0.05, 0.1) is 23.9 Å². The molecule has 0 unspecified atom stereocenters. The van der Waals surface area contributed by atoms with Crippen LogP contribution in [0.1, 0.15) is 16.1 Å². The number of nitrogens with zero attached hydrogens (tertiary/aromatic N) is 2. The van der Waals surface area contributed by atoms with Crippen molar-refractivity contribution in [1.29, 1.82) is 0 Å². The number of methoxy groups -OCH3 is 1. The highest BCUT2D eigenvalue weighted by Crippen LogP contribution is 2.36. The number of carbonyl (C=O) groups excluding carboxylic acids is 1. The van der Waals surface area contributed by atoms with Crippen molar-refractivity contribution in [2.45, 2.75) is 6.92 Å². The topological polar surface area (TPSA) is 43.7 Å². The minimum absolute atomic E-state index is 0.0994. The van der Waals surface area contributed by atoms with Crippen molar-refractivity contribution >= 4 is 32.7 Å². The van der Waals surface area contributed by atoms with Gasteiger partial charge in [0, 0.05) is 16.4 Å². The van der Waals surface area contributed by atoms with Crippen LogP contribution in [0.2, 0.25) is 0 Å². The molecule has 0 aliphatic carbocycles. The van der Waals surface area contributed by atoms with E-state index in [9.17, 15) is 4.79 Å². The lowest BCUT2D eigenvalue weighted by atomic mass is 10.2. The van der Waals surface area contributed by atoms with Gasteiger partial charge in [-0.1, -0.05) is 12.1 Å². The highest BCUT2D eigenvalue weighted by molar-refractivity contribution is 9.10. The minimum Gasteiger partial charge on any atom is -0.497 e. The van der Waals surface area contributed by atoms with E-state index < -0.39 is 0 Å². The van der Waals surface area contributed by atoms with Crippen LogP contribution in [0.3, 0.4) is 0 Å². The van der Waals surface area contributed by atoms with Crippen LogP contribution < -0.4 is 9.47 Å². The van der Waals surface area contributed by atoms with Crippen molar-refractivity contribution in [3.63, 3.8) is 0 Å². The number of aromatic nitrogens is 1. The second-order valence-electron chi connectivity index (χ2n) is 6.57. The molecule has 0 aliphatic heterocycles. The van der Waals surface area contributed by atoms with Crippen LogP contribution in [0.15, 0.2) is 46.9 Å². The van der Waals surface area contributed by atoms with Crippen LogP contribution in [-0.2, 0) is 0 Å². The van der Waals surface area contributed by atoms with E-state index in [0.29, 0.717) is 17.9 Å². The fourth-order valence-corrected chi connectivity index (χ4v) is 3.48. The first-order valence-electron chi connectivity index (χ1n) is 8.70. The largest absolute Gasteiger partial charge is 0.497 e. The van der Waals surface area contributed by atoms with Crippen molar-refractivity contribution in [3.05, 3.63) is 58.2 Å². The van der Waals surface area contributed by atoms with Gasteiger partial charge in [0.15, 0.2) is 0 Å². The maximum atomic E-state index is 13.3. The standard InChI is InChI=1S/C21H23BrN2O3/c1-14-20(27-12-11-23(2)3)17-13-15(26-4)9-10-19(17)24(14)21(25)16-7-5-6-8-18(16)22/h5-10,13H,11-12H2,1-4H3. The zero-order chi connectivity index (χ0) is 19.6. The first-order valence-corrected chi connectivity index (χ1v) is 9.49. The Morgan fingerprint density at radius 3 is 2.59 bits per heavy atom. The predicted molar refractivity (Wildman–Crippen MR) is 111 cm³/mol. The molecule has 0 saturated carbocycles. The number of halogens is 1. The Balaban J connectivity index is 2.13. The molecule has 0 aliphatic rings. The van der Waals surface area contributed by atoms with E-state index in [4.69, 9.17) is 9.47 Å². The molecule has 0 bridgehead atoms. The molecule has 0 fully saturated rings. The highest BCUT2D eigenvalue weighted by atomic mass is 79.9. The maximum Gasteiger partial charge on any atom is 0.263 e. The number of ether oxygens (including phenoxy) is 2. The number of rotatable bonds is 6. The molecule has 1 aromatic heterocycles. The lowest BCUT2D eigenvalue weighted by Gasteiger charge is -2.12. The number of carbonyl (C=O) groups is 1. The smallest absolute Gasteiger partial charge is 0.263 e. The van der Waals surface area contributed by atoms with Crippen LogP contribution in [0, 0.1) is 6.92 Å². The summed E-state index contributed by atoms with van der Waals surface area (Å²) < 4.78 is 13.9. The normalized spacial score (nSPS) is 11.2. The zero-order valence-electron chi connectivity index (χ0n) is 16.0. The SMILES string of the molecule is COc1ccc2c(c1)c(OCCN(C)C)c(C)n2C(=O)c1ccccc1Br. The van der Waals surface area contributed by atoms with Gasteiger partial charge >= 0.3 is 0 Å². The van der Waals surface area contributed by atoms with Gasteiger partial charge in [-0.2, -0.15) is 0 Å². The second-order valence-corrected chi connectivity index (χ2v) is 7.42. The molecule has 142 valence electrons. The molecule has 2 aromatic carbocycles. The first kappa shape index (κ1) is 19.5.